The summed E-state index contributed by atoms with van der Waals surface area (Å²) in [5.74, 6) is -2.46. The number of cyclic esters (lactones) is 1. The van der Waals surface area contributed by atoms with Crippen molar-refractivity contribution in [3.63, 3.8) is 0 Å². The number of esters is 1. The van der Waals surface area contributed by atoms with E-state index in [1.165, 1.54) is 9.91 Å². The number of rotatable bonds is 10. The average Bonchev–Trinajstić information content (AvgIpc) is 3.69. The van der Waals surface area contributed by atoms with E-state index in [1.807, 2.05) is 50.2 Å². The molecule has 8 rings (SSSR count). The molecule has 6 heterocycles. The molecule has 67 heavy (non-hydrogen) atoms. The fraction of sp³-hybridized carbons (Fsp3) is 0.529. The van der Waals surface area contributed by atoms with Gasteiger partial charge in [0, 0.05) is 87.6 Å². The number of hydrogen-bond donors (Lipinski definition) is 3. The zero-order chi connectivity index (χ0) is 47.9. The number of nitrogens with zero attached hydrogens (tertiary/aromatic N) is 6. The highest BCUT2D eigenvalue weighted by molar-refractivity contribution is 5.96. The van der Waals surface area contributed by atoms with Crippen molar-refractivity contribution in [2.75, 3.05) is 54.0 Å². The number of carbonyl (C=O) groups is 5. The molecule has 6 bridgehead atoms. The number of benzene rings is 2. The van der Waals surface area contributed by atoms with E-state index < -0.39 is 47.2 Å². The zero-order valence-corrected chi connectivity index (χ0v) is 40.1. The second-order valence-corrected chi connectivity index (χ2v) is 20.0. The van der Waals surface area contributed by atoms with Gasteiger partial charge in [0.25, 0.3) is 5.91 Å². The Kier molecular flexibility index (Phi) is 13.8. The standard InChI is InChI=1S/C51H66N8O8/c1-9-58-42-13-12-32-23-37(42)38(45(58)39-25-52-16-14-34(39)28-66-8)24-51(4,5)29-67-50(65)40-11-10-17-59(54-40)48(63)41(21-31-19-35(32)22-36(60)20-31)53-46(61)44(30(2)3)56(7)47(62)33-15-18-57(26-33)49(64)43-27-55(43)6/h12-14,16,19-20,22-23,25,30,33,40-41,43-44,54,60H,9-11,15,17-18,21,24,26-29H2,1-8H3,(H,53,61)/t33-,40-,41-,43+,44-,55?/m0/s1. The van der Waals surface area contributed by atoms with Gasteiger partial charge in [0.05, 0.1) is 24.8 Å². The molecule has 1 unspecified atom stereocenters. The number of aromatic nitrogens is 2. The number of ether oxygens (including phenoxy) is 2. The summed E-state index contributed by atoms with van der Waals surface area (Å²) in [6.45, 7) is 12.9. The third-order valence-corrected chi connectivity index (χ3v) is 14.0. The number of hydrogen-bond acceptors (Lipinski definition) is 11. The quantitative estimate of drug-likeness (QED) is 0.150. The number of hydrazine groups is 1. The molecule has 4 aromatic rings. The van der Waals surface area contributed by atoms with Crippen LogP contribution in [0.1, 0.15) is 70.6 Å². The number of phenols is 1. The van der Waals surface area contributed by atoms with Gasteiger partial charge in [-0.25, -0.2) is 5.43 Å². The first-order valence-corrected chi connectivity index (χ1v) is 23.7. The maximum Gasteiger partial charge on any atom is 0.324 e. The topological polar surface area (TPSA) is 179 Å². The number of carbonyl (C=O) groups excluding carboxylic acids is 5. The highest BCUT2D eigenvalue weighted by Crippen LogP contribution is 2.41. The molecular weight excluding hydrogens is 853 g/mol. The molecule has 16 heteroatoms. The Morgan fingerprint density at radius 1 is 1.06 bits per heavy atom. The first-order valence-electron chi connectivity index (χ1n) is 23.7. The molecule has 0 aliphatic carbocycles. The molecule has 0 spiro atoms. The highest BCUT2D eigenvalue weighted by atomic mass is 16.5. The first kappa shape index (κ1) is 47.6. The maximum atomic E-state index is 14.7. The predicted octanol–water partition coefficient (Wildman–Crippen LogP) is 4.54. The van der Waals surface area contributed by atoms with Crippen LogP contribution in [0, 0.1) is 17.3 Å². The van der Waals surface area contributed by atoms with Crippen molar-refractivity contribution in [2.24, 2.45) is 17.3 Å². The summed E-state index contributed by atoms with van der Waals surface area (Å²) < 4.78 is 14.0. The van der Waals surface area contributed by atoms with Gasteiger partial charge in [-0.15, -0.1) is 0 Å². The second-order valence-electron chi connectivity index (χ2n) is 20.0. The Balaban J connectivity index is 1.16. The number of likely N-dealkylation sites (tertiary alicyclic amines) is 1. The van der Waals surface area contributed by atoms with Crippen molar-refractivity contribution in [3.8, 4) is 28.1 Å². The van der Waals surface area contributed by atoms with Crippen molar-refractivity contribution in [1.82, 2.24) is 40.0 Å². The van der Waals surface area contributed by atoms with Crippen LogP contribution in [0.15, 0.2) is 54.9 Å². The molecule has 2 aromatic heterocycles. The smallest absolute Gasteiger partial charge is 0.324 e. The van der Waals surface area contributed by atoms with Gasteiger partial charge >= 0.3 is 5.97 Å². The number of phenolic OH excluding ortho intramolecular Hbond substituents is 1. The van der Waals surface area contributed by atoms with Crippen LogP contribution in [-0.2, 0) is 59.4 Å². The lowest BCUT2D eigenvalue weighted by atomic mass is 9.84. The normalized spacial score (nSPS) is 23.4. The summed E-state index contributed by atoms with van der Waals surface area (Å²) in [6, 6.07) is 10.4. The molecule has 6 atom stereocenters. The fourth-order valence-electron chi connectivity index (χ4n) is 10.4. The Bertz CT molecular complexity index is 2550. The minimum absolute atomic E-state index is 0.00161. The average molecular weight is 919 g/mol. The number of likely N-dealkylation sites (N-methyl/N-ethyl adjacent to an activating group) is 2. The predicted molar refractivity (Wildman–Crippen MR) is 253 cm³/mol. The van der Waals surface area contributed by atoms with Gasteiger partial charge in [0.15, 0.2) is 0 Å². The van der Waals surface area contributed by atoms with E-state index in [2.05, 4.69) is 53.2 Å². The summed E-state index contributed by atoms with van der Waals surface area (Å²) >= 11 is 0. The van der Waals surface area contributed by atoms with Gasteiger partial charge in [-0.1, -0.05) is 39.8 Å². The lowest BCUT2D eigenvalue weighted by Crippen LogP contribution is -2.62. The van der Waals surface area contributed by atoms with Gasteiger partial charge < -0.3 is 34.3 Å². The maximum absolute atomic E-state index is 14.7. The molecule has 4 aliphatic heterocycles. The molecule has 3 fully saturated rings. The molecule has 358 valence electrons. The van der Waals surface area contributed by atoms with Crippen LogP contribution < -0.4 is 10.7 Å². The Hall–Kier alpha value is -5.84. The van der Waals surface area contributed by atoms with Crippen LogP contribution in [-0.4, -0.2) is 142 Å². The number of fused-ring (bicyclic) bond motifs is 6. The first-order chi connectivity index (χ1) is 32.0. The minimum Gasteiger partial charge on any atom is -0.508 e. The van der Waals surface area contributed by atoms with Crippen molar-refractivity contribution < 1.29 is 38.6 Å². The molecule has 16 nitrogen and oxygen atoms in total. The molecule has 3 N–H and O–H groups in total. The van der Waals surface area contributed by atoms with Crippen molar-refractivity contribution in [2.45, 2.75) is 104 Å². The Morgan fingerprint density at radius 3 is 2.55 bits per heavy atom. The monoisotopic (exact) mass is 919 g/mol. The fourth-order valence-corrected chi connectivity index (χ4v) is 10.4. The number of aromatic hydroxyl groups is 1. The number of pyridine rings is 1. The molecule has 0 radical (unpaired) electrons. The van der Waals surface area contributed by atoms with Gasteiger partial charge in [0.1, 0.15) is 29.9 Å². The third-order valence-electron chi connectivity index (χ3n) is 14.0. The van der Waals surface area contributed by atoms with E-state index >= 15 is 0 Å². The van der Waals surface area contributed by atoms with Crippen molar-refractivity contribution in [3.05, 3.63) is 71.5 Å². The number of methoxy groups -OCH3 is 1. The van der Waals surface area contributed by atoms with Crippen LogP contribution in [0.3, 0.4) is 0 Å². The second kappa shape index (κ2) is 19.4. The van der Waals surface area contributed by atoms with Gasteiger partial charge in [-0.2, -0.15) is 0 Å². The lowest BCUT2D eigenvalue weighted by Gasteiger charge is -2.37. The summed E-state index contributed by atoms with van der Waals surface area (Å²) in [4.78, 5) is 80.0. The van der Waals surface area contributed by atoms with E-state index in [1.54, 1.807) is 37.4 Å². The molecular formula is C51H66N8O8. The van der Waals surface area contributed by atoms with Crippen LogP contribution in [0.25, 0.3) is 33.3 Å². The van der Waals surface area contributed by atoms with Crippen molar-refractivity contribution >= 4 is 40.5 Å². The minimum atomic E-state index is -1.15. The number of nitrogens with one attached hydrogen (secondary N) is 2. The lowest BCUT2D eigenvalue weighted by molar-refractivity contribution is -0.155. The summed E-state index contributed by atoms with van der Waals surface area (Å²) in [5, 5.41) is 16.8. The van der Waals surface area contributed by atoms with Gasteiger partial charge in [-0.3, -0.25) is 38.9 Å². The third kappa shape index (κ3) is 9.93. The molecule has 0 saturated carbocycles. The Labute approximate surface area is 392 Å². The highest BCUT2D eigenvalue weighted by Gasteiger charge is 2.44. The molecule has 3 saturated heterocycles. The largest absolute Gasteiger partial charge is 0.508 e. The van der Waals surface area contributed by atoms with E-state index in [0.29, 0.717) is 64.0 Å². The van der Waals surface area contributed by atoms with E-state index in [0.717, 1.165) is 44.4 Å². The summed E-state index contributed by atoms with van der Waals surface area (Å²) in [5.41, 5.74) is 9.78. The van der Waals surface area contributed by atoms with Crippen molar-refractivity contribution in [1.29, 1.82) is 0 Å². The van der Waals surface area contributed by atoms with Crippen LogP contribution in [0.4, 0.5) is 0 Å². The van der Waals surface area contributed by atoms with E-state index in [4.69, 9.17) is 9.47 Å². The molecule has 4 amide bonds. The number of amides is 4. The van der Waals surface area contributed by atoms with Gasteiger partial charge in [0.2, 0.25) is 17.7 Å². The van der Waals surface area contributed by atoms with Gasteiger partial charge in [-0.05, 0) is 104 Å². The van der Waals surface area contributed by atoms with Crippen LogP contribution in [0.5, 0.6) is 5.75 Å². The summed E-state index contributed by atoms with van der Waals surface area (Å²) in [6.07, 6.45) is 5.65. The van der Waals surface area contributed by atoms with E-state index in [-0.39, 0.29) is 49.1 Å². The van der Waals surface area contributed by atoms with Crippen LogP contribution in [0.2, 0.25) is 0 Å². The summed E-state index contributed by atoms with van der Waals surface area (Å²) in [7, 11) is 5.18. The SMILES string of the molecule is CCn1c(-c2cnccc2COC)c2c3cc(ccc31)-c1cc(O)cc(c1)C[C@H](NC(=O)[C@H](C(C)C)N(C)C(=O)[C@H]1CCN(C(=O)[C@H]3CN3C)C1)C(=O)N1CCC[C@H](N1)C(=O)OCC(C)(C)C2. The zero-order valence-electron chi connectivity index (χ0n) is 40.1. The number of aryl methyl sites for hydroxylation is 1. The Morgan fingerprint density at radius 2 is 1.84 bits per heavy atom. The molecule has 4 aliphatic rings. The molecule has 2 aromatic carbocycles. The van der Waals surface area contributed by atoms with E-state index in [9.17, 15) is 29.1 Å². The van der Waals surface area contributed by atoms with Crippen LogP contribution >= 0.6 is 0 Å².